The SMILES string of the molecule is C=[N+](C)/C=N\C=C/C(C)(C)C(C)(CCC)CNC. The van der Waals surface area contributed by atoms with Crippen molar-refractivity contribution in [3.63, 3.8) is 0 Å². The Labute approximate surface area is 113 Å². The molecule has 18 heavy (non-hydrogen) atoms. The fraction of sp³-hybridized carbons (Fsp3) is 0.733. The quantitative estimate of drug-likeness (QED) is 0.401. The molecule has 0 saturated heterocycles. The highest BCUT2D eigenvalue weighted by molar-refractivity contribution is 5.48. The van der Waals surface area contributed by atoms with Gasteiger partial charge in [0.25, 0.3) is 6.34 Å². The van der Waals surface area contributed by atoms with Gasteiger partial charge in [-0.15, -0.1) is 0 Å². The number of hydrogen-bond donors (Lipinski definition) is 1. The van der Waals surface area contributed by atoms with Crippen LogP contribution in [0.1, 0.15) is 40.5 Å². The normalized spacial score (nSPS) is 16.3. The summed E-state index contributed by atoms with van der Waals surface area (Å²) in [5.74, 6) is 0. The molecule has 0 spiro atoms. The monoisotopic (exact) mass is 252 g/mol. The lowest BCUT2D eigenvalue weighted by molar-refractivity contribution is -0.349. The molecular formula is C15H30N3+. The van der Waals surface area contributed by atoms with Gasteiger partial charge in [-0.1, -0.05) is 39.1 Å². The smallest absolute Gasteiger partial charge is 0.285 e. The number of hydrogen-bond acceptors (Lipinski definition) is 2. The lowest BCUT2D eigenvalue weighted by Crippen LogP contribution is -2.41. The zero-order valence-corrected chi connectivity index (χ0v) is 13.0. The largest absolute Gasteiger partial charge is 0.319 e. The van der Waals surface area contributed by atoms with Crippen LogP contribution in [0.5, 0.6) is 0 Å². The van der Waals surface area contributed by atoms with Crippen molar-refractivity contribution in [2.75, 3.05) is 20.6 Å². The van der Waals surface area contributed by atoms with Gasteiger partial charge in [0, 0.05) is 6.54 Å². The van der Waals surface area contributed by atoms with Crippen molar-refractivity contribution in [3.05, 3.63) is 12.3 Å². The average molecular weight is 252 g/mol. The lowest BCUT2D eigenvalue weighted by Gasteiger charge is -2.42. The first-order valence-electron chi connectivity index (χ1n) is 6.68. The van der Waals surface area contributed by atoms with Crippen molar-refractivity contribution in [2.45, 2.75) is 40.5 Å². The van der Waals surface area contributed by atoms with E-state index in [1.54, 1.807) is 10.9 Å². The Morgan fingerprint density at radius 1 is 1.33 bits per heavy atom. The molecule has 0 radical (unpaired) electrons. The van der Waals surface area contributed by atoms with Gasteiger partial charge >= 0.3 is 0 Å². The highest BCUT2D eigenvalue weighted by Crippen LogP contribution is 2.43. The summed E-state index contributed by atoms with van der Waals surface area (Å²) in [4.78, 5) is 4.23. The van der Waals surface area contributed by atoms with E-state index in [4.69, 9.17) is 0 Å². The zero-order chi connectivity index (χ0) is 14.2. The van der Waals surface area contributed by atoms with E-state index in [2.05, 4.69) is 50.8 Å². The van der Waals surface area contributed by atoms with E-state index in [1.807, 2.05) is 20.3 Å². The number of nitrogens with one attached hydrogen (secondary N) is 1. The van der Waals surface area contributed by atoms with Crippen LogP contribution in [0.15, 0.2) is 17.3 Å². The van der Waals surface area contributed by atoms with E-state index in [9.17, 15) is 0 Å². The van der Waals surface area contributed by atoms with E-state index in [1.165, 1.54) is 12.8 Å². The van der Waals surface area contributed by atoms with Gasteiger partial charge < -0.3 is 5.32 Å². The summed E-state index contributed by atoms with van der Waals surface area (Å²) >= 11 is 0. The first kappa shape index (κ1) is 17.0. The third kappa shape index (κ3) is 5.13. The lowest BCUT2D eigenvalue weighted by atomic mass is 9.64. The summed E-state index contributed by atoms with van der Waals surface area (Å²) in [7, 11) is 3.88. The van der Waals surface area contributed by atoms with E-state index in [0.29, 0.717) is 0 Å². The van der Waals surface area contributed by atoms with Gasteiger partial charge in [-0.3, -0.25) is 0 Å². The third-order valence-corrected chi connectivity index (χ3v) is 3.77. The Morgan fingerprint density at radius 2 is 1.94 bits per heavy atom. The van der Waals surface area contributed by atoms with Gasteiger partial charge in [-0.05, 0) is 30.4 Å². The molecule has 0 aliphatic rings. The molecule has 0 aliphatic heterocycles. The molecule has 0 amide bonds. The fourth-order valence-corrected chi connectivity index (χ4v) is 2.16. The Bertz CT molecular complexity index is 308. The minimum Gasteiger partial charge on any atom is -0.319 e. The maximum Gasteiger partial charge on any atom is 0.285 e. The molecule has 1 unspecified atom stereocenters. The van der Waals surface area contributed by atoms with Crippen LogP contribution in [-0.4, -0.2) is 38.3 Å². The molecule has 0 saturated carbocycles. The number of allylic oxidation sites excluding steroid dienone is 1. The summed E-state index contributed by atoms with van der Waals surface area (Å²) in [6.07, 6.45) is 8.18. The third-order valence-electron chi connectivity index (χ3n) is 3.77. The van der Waals surface area contributed by atoms with Crippen molar-refractivity contribution in [1.82, 2.24) is 5.32 Å². The van der Waals surface area contributed by atoms with Crippen LogP contribution in [0.4, 0.5) is 0 Å². The van der Waals surface area contributed by atoms with E-state index in [0.717, 1.165) is 6.54 Å². The van der Waals surface area contributed by atoms with Crippen LogP contribution < -0.4 is 5.32 Å². The Kier molecular flexibility index (Phi) is 7.07. The molecule has 3 heteroatoms. The Morgan fingerprint density at radius 3 is 2.39 bits per heavy atom. The highest BCUT2D eigenvalue weighted by Gasteiger charge is 2.37. The van der Waals surface area contributed by atoms with Crippen LogP contribution in [0.25, 0.3) is 0 Å². The summed E-state index contributed by atoms with van der Waals surface area (Å²) < 4.78 is 1.69. The summed E-state index contributed by atoms with van der Waals surface area (Å²) in [5.41, 5.74) is 0.335. The molecular weight excluding hydrogens is 222 g/mol. The molecule has 0 aromatic carbocycles. The van der Waals surface area contributed by atoms with Crippen molar-refractivity contribution in [3.8, 4) is 0 Å². The van der Waals surface area contributed by atoms with Gasteiger partial charge in [0.15, 0.2) is 0 Å². The molecule has 0 fully saturated rings. The first-order chi connectivity index (χ1) is 8.29. The van der Waals surface area contributed by atoms with Gasteiger partial charge in [0.1, 0.15) is 6.20 Å². The molecule has 1 N–H and O–H groups in total. The van der Waals surface area contributed by atoms with Crippen molar-refractivity contribution < 1.29 is 4.58 Å². The van der Waals surface area contributed by atoms with Gasteiger partial charge in [0.2, 0.25) is 0 Å². The second-order valence-corrected chi connectivity index (χ2v) is 5.90. The van der Waals surface area contributed by atoms with Gasteiger partial charge in [0.05, 0.1) is 13.8 Å². The number of rotatable bonds is 8. The van der Waals surface area contributed by atoms with Crippen LogP contribution >= 0.6 is 0 Å². The van der Waals surface area contributed by atoms with Crippen molar-refractivity contribution in [1.29, 1.82) is 0 Å². The molecule has 1 atom stereocenters. The first-order valence-corrected chi connectivity index (χ1v) is 6.68. The maximum atomic E-state index is 4.23. The highest BCUT2D eigenvalue weighted by atomic mass is 15.0. The van der Waals surface area contributed by atoms with Crippen LogP contribution in [-0.2, 0) is 0 Å². The Hall–Kier alpha value is -0.960. The Balaban J connectivity index is 4.89. The van der Waals surface area contributed by atoms with Crippen LogP contribution in [0.3, 0.4) is 0 Å². The standard InChI is InChI=1S/C15H30N3/c1-8-9-15(4,12-16-5)14(2,3)10-11-17-13-18(6)7/h10-11,13,16H,6,8-9,12H2,1-5,7H3/q+1/b11-10-,17-13-. The predicted molar refractivity (Wildman–Crippen MR) is 81.7 cm³/mol. The van der Waals surface area contributed by atoms with E-state index >= 15 is 0 Å². The second kappa shape index (κ2) is 7.47. The molecule has 0 heterocycles. The zero-order valence-electron chi connectivity index (χ0n) is 13.0. The number of nitrogens with zero attached hydrogens (tertiary/aromatic N) is 2. The van der Waals surface area contributed by atoms with Crippen LogP contribution in [0.2, 0.25) is 0 Å². The van der Waals surface area contributed by atoms with Gasteiger partial charge in [-0.25, -0.2) is 4.58 Å². The van der Waals surface area contributed by atoms with Crippen molar-refractivity contribution in [2.24, 2.45) is 15.8 Å². The van der Waals surface area contributed by atoms with Gasteiger partial charge in [-0.2, -0.15) is 0 Å². The molecule has 0 bridgehead atoms. The molecule has 3 nitrogen and oxygen atoms in total. The summed E-state index contributed by atoms with van der Waals surface area (Å²) in [5, 5.41) is 3.32. The summed E-state index contributed by atoms with van der Waals surface area (Å²) in [6.45, 7) is 13.9. The molecule has 0 aromatic rings. The van der Waals surface area contributed by atoms with Crippen molar-refractivity contribution >= 4 is 13.1 Å². The van der Waals surface area contributed by atoms with E-state index < -0.39 is 0 Å². The minimum atomic E-state index is 0.100. The predicted octanol–water partition coefficient (Wildman–Crippen LogP) is 2.92. The van der Waals surface area contributed by atoms with E-state index in [-0.39, 0.29) is 10.8 Å². The van der Waals surface area contributed by atoms with Crippen LogP contribution in [0, 0.1) is 10.8 Å². The molecule has 104 valence electrons. The maximum absolute atomic E-state index is 4.23. The average Bonchev–Trinajstić information content (AvgIpc) is 2.24. The topological polar surface area (TPSA) is 27.4 Å². The molecule has 0 rings (SSSR count). The second-order valence-electron chi connectivity index (χ2n) is 5.90. The fourth-order valence-electron chi connectivity index (χ4n) is 2.16. The number of aliphatic imine (C=N–C) groups is 1. The molecule has 0 aliphatic carbocycles. The summed E-state index contributed by atoms with van der Waals surface area (Å²) in [6, 6.07) is 0. The minimum absolute atomic E-state index is 0.100. The molecule has 0 aromatic heterocycles.